The third-order valence-electron chi connectivity index (χ3n) is 1.99. The van der Waals surface area contributed by atoms with Gasteiger partial charge >= 0.3 is 0 Å². The molecule has 0 spiro atoms. The molecule has 15 heavy (non-hydrogen) atoms. The van der Waals surface area contributed by atoms with Crippen molar-refractivity contribution < 1.29 is 14.4 Å². The normalized spacial score (nSPS) is 12.5. The van der Waals surface area contributed by atoms with E-state index in [1.807, 2.05) is 0 Å². The Labute approximate surface area is 85.5 Å². The van der Waals surface area contributed by atoms with Crippen molar-refractivity contribution in [3.05, 3.63) is 39.7 Å². The van der Waals surface area contributed by atoms with Gasteiger partial charge in [-0.1, -0.05) is 0 Å². The number of nitro benzene ring substituents is 1. The molecule has 0 radical (unpaired) electrons. The van der Waals surface area contributed by atoms with Gasteiger partial charge in [0.25, 0.3) is 5.69 Å². The topological polar surface area (TPSA) is 89.4 Å². The van der Waals surface area contributed by atoms with Crippen molar-refractivity contribution in [3.8, 4) is 0 Å². The minimum atomic E-state index is -1.02. The number of aliphatic hydroxyl groups is 1. The summed E-state index contributed by atoms with van der Waals surface area (Å²) in [6, 6.07) is 3.14. The molecule has 1 aromatic rings. The first-order valence-corrected chi connectivity index (χ1v) is 4.38. The molecule has 0 aliphatic carbocycles. The fourth-order valence-electron chi connectivity index (χ4n) is 1.21. The molecule has 0 bridgehead atoms. The number of hydrogen-bond acceptors (Lipinski definition) is 4. The Hall–Kier alpha value is -1.53. The van der Waals surface area contributed by atoms with Gasteiger partial charge in [0.15, 0.2) is 0 Å². The van der Waals surface area contributed by atoms with E-state index >= 15 is 0 Å². The maximum atomic E-state index is 13.3. The second-order valence-electron chi connectivity index (χ2n) is 3.06. The van der Waals surface area contributed by atoms with Crippen molar-refractivity contribution in [3.63, 3.8) is 0 Å². The number of rotatable bonds is 4. The van der Waals surface area contributed by atoms with Crippen LogP contribution < -0.4 is 5.73 Å². The van der Waals surface area contributed by atoms with Crippen LogP contribution in [0.1, 0.15) is 18.1 Å². The molecule has 0 fully saturated rings. The molecule has 1 rings (SSSR count). The highest BCUT2D eigenvalue weighted by Crippen LogP contribution is 2.23. The molecule has 5 nitrogen and oxygen atoms in total. The van der Waals surface area contributed by atoms with Crippen LogP contribution in [0.3, 0.4) is 0 Å². The summed E-state index contributed by atoms with van der Waals surface area (Å²) in [4.78, 5) is 9.62. The van der Waals surface area contributed by atoms with E-state index in [2.05, 4.69) is 0 Å². The minimum absolute atomic E-state index is 0.0334. The van der Waals surface area contributed by atoms with Gasteiger partial charge in [-0.3, -0.25) is 10.1 Å². The van der Waals surface area contributed by atoms with Crippen LogP contribution in [0.15, 0.2) is 18.2 Å². The molecule has 1 unspecified atom stereocenters. The van der Waals surface area contributed by atoms with Crippen LogP contribution in [-0.2, 0) is 0 Å². The van der Waals surface area contributed by atoms with Gasteiger partial charge in [0.05, 0.1) is 17.1 Å². The quantitative estimate of drug-likeness (QED) is 0.580. The zero-order chi connectivity index (χ0) is 11.4. The summed E-state index contributed by atoms with van der Waals surface area (Å²) in [5, 5.41) is 19.8. The first-order chi connectivity index (χ1) is 7.06. The van der Waals surface area contributed by atoms with Crippen molar-refractivity contribution >= 4 is 5.69 Å². The summed E-state index contributed by atoms with van der Waals surface area (Å²) >= 11 is 0. The highest BCUT2D eigenvalue weighted by atomic mass is 19.1. The Morgan fingerprint density at radius 3 is 2.73 bits per heavy atom. The molecule has 0 saturated heterocycles. The van der Waals surface area contributed by atoms with Gasteiger partial charge in [0.2, 0.25) is 0 Å². The van der Waals surface area contributed by atoms with E-state index in [0.717, 1.165) is 12.1 Å². The van der Waals surface area contributed by atoms with E-state index in [1.54, 1.807) is 0 Å². The summed E-state index contributed by atoms with van der Waals surface area (Å²) in [7, 11) is 0. The van der Waals surface area contributed by atoms with Crippen molar-refractivity contribution in [1.29, 1.82) is 0 Å². The van der Waals surface area contributed by atoms with E-state index in [9.17, 15) is 19.6 Å². The highest BCUT2D eigenvalue weighted by molar-refractivity contribution is 5.35. The third kappa shape index (κ3) is 2.71. The van der Waals surface area contributed by atoms with Crippen molar-refractivity contribution in [2.45, 2.75) is 12.5 Å². The lowest BCUT2D eigenvalue weighted by Gasteiger charge is -2.09. The molecule has 0 saturated carbocycles. The van der Waals surface area contributed by atoms with E-state index in [0.29, 0.717) is 0 Å². The number of aliphatic hydroxyl groups excluding tert-OH is 1. The van der Waals surface area contributed by atoms with Gasteiger partial charge < -0.3 is 10.8 Å². The number of halogens is 1. The molecule has 1 atom stereocenters. The average Bonchev–Trinajstić information content (AvgIpc) is 2.17. The molecule has 3 N–H and O–H groups in total. The number of nitrogens with zero attached hydrogens (tertiary/aromatic N) is 1. The summed E-state index contributed by atoms with van der Waals surface area (Å²) in [6.45, 7) is 0.220. The van der Waals surface area contributed by atoms with Crippen LogP contribution >= 0.6 is 0 Å². The summed E-state index contributed by atoms with van der Waals surface area (Å²) in [5.41, 5.74) is 4.90. The Bertz CT molecular complexity index is 370. The first-order valence-electron chi connectivity index (χ1n) is 4.38. The lowest BCUT2D eigenvalue weighted by atomic mass is 10.1. The van der Waals surface area contributed by atoms with Gasteiger partial charge in [0.1, 0.15) is 5.82 Å². The minimum Gasteiger partial charge on any atom is -0.388 e. The predicted octanol–water partition coefficient (Wildman–Crippen LogP) is 1.12. The first kappa shape index (κ1) is 11.5. The summed E-state index contributed by atoms with van der Waals surface area (Å²) in [5.74, 6) is -0.787. The standard InChI is InChI=1S/C9H11FN2O3/c10-8-5-6(12(14)15)1-2-7(8)9(13)3-4-11/h1-2,5,9,13H,3-4,11H2. The van der Waals surface area contributed by atoms with Gasteiger partial charge in [-0.2, -0.15) is 0 Å². The second kappa shape index (κ2) is 4.81. The van der Waals surface area contributed by atoms with Gasteiger partial charge in [-0.05, 0) is 19.0 Å². The average molecular weight is 214 g/mol. The van der Waals surface area contributed by atoms with Crippen molar-refractivity contribution in [2.24, 2.45) is 5.73 Å². The molecule has 0 aliphatic heterocycles. The van der Waals surface area contributed by atoms with Gasteiger partial charge in [-0.25, -0.2) is 4.39 Å². The zero-order valence-corrected chi connectivity index (χ0v) is 7.89. The van der Waals surface area contributed by atoms with Crippen LogP contribution in [0.25, 0.3) is 0 Å². The molecule has 0 aliphatic rings. The smallest absolute Gasteiger partial charge is 0.272 e. The lowest BCUT2D eigenvalue weighted by Crippen LogP contribution is -2.08. The van der Waals surface area contributed by atoms with Crippen molar-refractivity contribution in [1.82, 2.24) is 0 Å². The van der Waals surface area contributed by atoms with E-state index in [1.165, 1.54) is 6.07 Å². The fraction of sp³-hybridized carbons (Fsp3) is 0.333. The summed E-state index contributed by atoms with van der Waals surface area (Å²) < 4.78 is 13.3. The monoisotopic (exact) mass is 214 g/mol. The predicted molar refractivity (Wildman–Crippen MR) is 51.7 cm³/mol. The molecule has 0 amide bonds. The molecule has 82 valence electrons. The van der Waals surface area contributed by atoms with E-state index < -0.39 is 16.8 Å². The van der Waals surface area contributed by atoms with Crippen LogP contribution in [-0.4, -0.2) is 16.6 Å². The summed E-state index contributed by atoms with van der Waals surface area (Å²) in [6.07, 6.45) is -0.801. The Morgan fingerprint density at radius 1 is 1.60 bits per heavy atom. The van der Waals surface area contributed by atoms with Crippen LogP contribution in [0, 0.1) is 15.9 Å². The van der Waals surface area contributed by atoms with Gasteiger partial charge in [-0.15, -0.1) is 0 Å². The third-order valence-corrected chi connectivity index (χ3v) is 1.99. The van der Waals surface area contributed by atoms with E-state index in [-0.39, 0.29) is 24.2 Å². The molecule has 0 heterocycles. The molecule has 1 aromatic carbocycles. The van der Waals surface area contributed by atoms with Crippen LogP contribution in [0.4, 0.5) is 10.1 Å². The Balaban J connectivity index is 2.97. The van der Waals surface area contributed by atoms with Crippen LogP contribution in [0.2, 0.25) is 0 Å². The van der Waals surface area contributed by atoms with Crippen LogP contribution in [0.5, 0.6) is 0 Å². The van der Waals surface area contributed by atoms with E-state index in [4.69, 9.17) is 5.73 Å². The second-order valence-corrected chi connectivity index (χ2v) is 3.06. The number of benzene rings is 1. The zero-order valence-electron chi connectivity index (χ0n) is 7.89. The fourth-order valence-corrected chi connectivity index (χ4v) is 1.21. The number of nitro groups is 1. The maximum Gasteiger partial charge on any atom is 0.272 e. The molecule has 6 heteroatoms. The molecular formula is C9H11FN2O3. The van der Waals surface area contributed by atoms with Gasteiger partial charge in [0, 0.05) is 11.6 Å². The Kier molecular flexibility index (Phi) is 3.70. The Morgan fingerprint density at radius 2 is 2.27 bits per heavy atom. The number of hydrogen-bond donors (Lipinski definition) is 2. The lowest BCUT2D eigenvalue weighted by molar-refractivity contribution is -0.385. The SMILES string of the molecule is NCCC(O)c1ccc([N+](=O)[O-])cc1F. The largest absolute Gasteiger partial charge is 0.388 e. The number of nitrogens with two attached hydrogens (primary N) is 1. The maximum absolute atomic E-state index is 13.3. The molecule has 0 aromatic heterocycles. The molecular weight excluding hydrogens is 203 g/mol. The number of non-ortho nitro benzene ring substituents is 1. The van der Waals surface area contributed by atoms with Crippen molar-refractivity contribution in [2.75, 3.05) is 6.54 Å². The highest BCUT2D eigenvalue weighted by Gasteiger charge is 2.15.